The van der Waals surface area contributed by atoms with Gasteiger partial charge < -0.3 is 4.57 Å². The van der Waals surface area contributed by atoms with Crippen molar-refractivity contribution in [2.24, 2.45) is 10.9 Å². The number of rotatable bonds is 3. The second-order valence-corrected chi connectivity index (χ2v) is 5.00. The summed E-state index contributed by atoms with van der Waals surface area (Å²) in [5, 5.41) is 0. The highest BCUT2D eigenvalue weighted by Crippen LogP contribution is 2.31. The predicted molar refractivity (Wildman–Crippen MR) is 56.1 cm³/mol. The van der Waals surface area contributed by atoms with Gasteiger partial charge >= 0.3 is 0 Å². The molecule has 0 spiro atoms. The van der Waals surface area contributed by atoms with Gasteiger partial charge in [-0.1, -0.05) is 0 Å². The monoisotopic (exact) mass is 210 g/mol. The van der Waals surface area contributed by atoms with Gasteiger partial charge in [0.25, 0.3) is 0 Å². The maximum Gasteiger partial charge on any atom is 0.235 e. The van der Waals surface area contributed by atoms with Crippen LogP contribution in [0.5, 0.6) is 0 Å². The first kappa shape index (κ1) is 9.65. The predicted octanol–water partition coefficient (Wildman–Crippen LogP) is 1.63. The van der Waals surface area contributed by atoms with E-state index in [0.717, 1.165) is 17.3 Å². The molecule has 0 bridgehead atoms. The zero-order valence-electron chi connectivity index (χ0n) is 8.49. The number of thiazole rings is 1. The average molecular weight is 210 g/mol. The number of hydrogen-bond acceptors (Lipinski definition) is 2. The second-order valence-electron chi connectivity index (χ2n) is 3.81. The number of aryl methyl sites for hydroxylation is 1. The zero-order valence-corrected chi connectivity index (χ0v) is 9.30. The van der Waals surface area contributed by atoms with Crippen LogP contribution in [0.4, 0.5) is 0 Å². The summed E-state index contributed by atoms with van der Waals surface area (Å²) in [7, 11) is 0. The summed E-state index contributed by atoms with van der Waals surface area (Å²) in [4.78, 5) is 16.3. The lowest BCUT2D eigenvalue weighted by Gasteiger charge is -2.03. The van der Waals surface area contributed by atoms with Gasteiger partial charge in [-0.05, 0) is 32.6 Å². The van der Waals surface area contributed by atoms with E-state index in [1.807, 2.05) is 0 Å². The Morgan fingerprint density at radius 3 is 2.86 bits per heavy atom. The van der Waals surface area contributed by atoms with Gasteiger partial charge in [-0.25, -0.2) is 0 Å². The van der Waals surface area contributed by atoms with E-state index in [-0.39, 0.29) is 0 Å². The molecule has 1 fully saturated rings. The van der Waals surface area contributed by atoms with E-state index in [4.69, 9.17) is 0 Å². The quantitative estimate of drug-likeness (QED) is 0.698. The highest BCUT2D eigenvalue weighted by atomic mass is 32.1. The molecular formula is C10H14N2OS. The molecule has 14 heavy (non-hydrogen) atoms. The van der Waals surface area contributed by atoms with Crippen molar-refractivity contribution in [3.8, 4) is 0 Å². The van der Waals surface area contributed by atoms with Gasteiger partial charge in [0.1, 0.15) is 0 Å². The lowest BCUT2D eigenvalue weighted by Crippen LogP contribution is -2.17. The number of carbonyl (C=O) groups is 1. The Labute approximate surface area is 87.1 Å². The van der Waals surface area contributed by atoms with E-state index < -0.39 is 0 Å². The third-order valence-corrected chi connectivity index (χ3v) is 3.80. The fraction of sp³-hybridized carbons (Fsp3) is 0.600. The Morgan fingerprint density at radius 1 is 1.57 bits per heavy atom. The molecule has 1 amide bonds. The number of nitrogens with zero attached hydrogens (tertiary/aromatic N) is 2. The third kappa shape index (κ3) is 1.80. The number of aromatic nitrogens is 1. The molecule has 2 rings (SSSR count). The second kappa shape index (κ2) is 3.69. The molecule has 0 N–H and O–H groups in total. The van der Waals surface area contributed by atoms with Crippen LogP contribution in [0, 0.1) is 19.8 Å². The van der Waals surface area contributed by atoms with E-state index in [9.17, 15) is 4.79 Å². The molecule has 0 radical (unpaired) electrons. The van der Waals surface area contributed by atoms with E-state index in [1.54, 1.807) is 11.3 Å². The SMILES string of the molecule is Cc1s/c(=N\C=O)n(CC2CC2)c1C. The molecule has 0 atom stereocenters. The molecule has 1 aliphatic rings. The number of amides is 1. The third-order valence-electron chi connectivity index (χ3n) is 2.69. The lowest BCUT2D eigenvalue weighted by molar-refractivity contribution is -0.107. The zero-order chi connectivity index (χ0) is 10.1. The molecule has 1 aromatic heterocycles. The van der Waals surface area contributed by atoms with Crippen LogP contribution in [0.2, 0.25) is 0 Å². The van der Waals surface area contributed by atoms with E-state index in [0.29, 0.717) is 6.41 Å². The van der Waals surface area contributed by atoms with Crippen LogP contribution in [0.15, 0.2) is 4.99 Å². The van der Waals surface area contributed by atoms with Crippen LogP contribution >= 0.6 is 11.3 Å². The van der Waals surface area contributed by atoms with Crippen molar-refractivity contribution < 1.29 is 4.79 Å². The lowest BCUT2D eigenvalue weighted by atomic mass is 10.3. The van der Waals surface area contributed by atoms with Crippen molar-refractivity contribution in [3.63, 3.8) is 0 Å². The first-order valence-electron chi connectivity index (χ1n) is 4.86. The Kier molecular flexibility index (Phi) is 2.54. The van der Waals surface area contributed by atoms with Crippen LogP contribution in [0.25, 0.3) is 0 Å². The summed E-state index contributed by atoms with van der Waals surface area (Å²) in [6.07, 6.45) is 3.28. The fourth-order valence-electron chi connectivity index (χ4n) is 1.51. The molecule has 0 aromatic carbocycles. The summed E-state index contributed by atoms with van der Waals surface area (Å²) in [5.41, 5.74) is 1.25. The minimum absolute atomic E-state index is 0.633. The summed E-state index contributed by atoms with van der Waals surface area (Å²) in [5.74, 6) is 0.813. The summed E-state index contributed by atoms with van der Waals surface area (Å²) in [6.45, 7) is 5.20. The largest absolute Gasteiger partial charge is 0.320 e. The topological polar surface area (TPSA) is 34.4 Å². The summed E-state index contributed by atoms with van der Waals surface area (Å²) < 4.78 is 2.17. The number of carbonyl (C=O) groups excluding carboxylic acids is 1. The Morgan fingerprint density at radius 2 is 2.29 bits per heavy atom. The summed E-state index contributed by atoms with van der Waals surface area (Å²) >= 11 is 1.60. The van der Waals surface area contributed by atoms with Crippen molar-refractivity contribution in [2.75, 3.05) is 0 Å². The van der Waals surface area contributed by atoms with E-state index in [2.05, 4.69) is 23.4 Å². The molecule has 0 aliphatic heterocycles. The van der Waals surface area contributed by atoms with Crippen molar-refractivity contribution in [3.05, 3.63) is 15.4 Å². The van der Waals surface area contributed by atoms with Crippen molar-refractivity contribution in [2.45, 2.75) is 33.2 Å². The molecule has 1 heterocycles. The molecule has 0 unspecified atom stereocenters. The maximum absolute atomic E-state index is 10.4. The van der Waals surface area contributed by atoms with Gasteiger partial charge in [0.2, 0.25) is 6.41 Å². The van der Waals surface area contributed by atoms with Crippen LogP contribution in [0.1, 0.15) is 23.4 Å². The van der Waals surface area contributed by atoms with Gasteiger partial charge in [0.15, 0.2) is 4.80 Å². The Bertz CT molecular complexity index is 412. The van der Waals surface area contributed by atoms with Crippen LogP contribution in [0.3, 0.4) is 0 Å². The molecule has 1 aromatic rings. The normalized spacial score (nSPS) is 17.4. The van der Waals surface area contributed by atoms with Gasteiger partial charge in [-0.2, -0.15) is 4.99 Å². The van der Waals surface area contributed by atoms with Crippen molar-refractivity contribution >= 4 is 17.7 Å². The molecule has 76 valence electrons. The van der Waals surface area contributed by atoms with Crippen molar-refractivity contribution in [1.82, 2.24) is 4.57 Å². The van der Waals surface area contributed by atoms with Crippen LogP contribution in [-0.4, -0.2) is 11.0 Å². The van der Waals surface area contributed by atoms with Gasteiger partial charge in [0, 0.05) is 17.1 Å². The molecular weight excluding hydrogens is 196 g/mol. The van der Waals surface area contributed by atoms with Gasteiger partial charge in [-0.3, -0.25) is 4.79 Å². The molecule has 1 saturated carbocycles. The minimum atomic E-state index is 0.633. The fourth-order valence-corrected chi connectivity index (χ4v) is 2.46. The highest BCUT2D eigenvalue weighted by Gasteiger charge is 2.23. The molecule has 0 saturated heterocycles. The molecule has 1 aliphatic carbocycles. The molecule has 3 nitrogen and oxygen atoms in total. The average Bonchev–Trinajstić information content (AvgIpc) is 2.91. The van der Waals surface area contributed by atoms with Crippen LogP contribution in [-0.2, 0) is 11.3 Å². The van der Waals surface area contributed by atoms with Gasteiger partial charge in [-0.15, -0.1) is 11.3 Å². The standard InChI is InChI=1S/C10H14N2OS/c1-7-8(2)14-10(11-6-13)12(7)5-9-3-4-9/h6,9H,3-5H2,1-2H3/b11-10-. The number of hydrogen-bond donors (Lipinski definition) is 0. The Balaban J connectivity index is 2.41. The highest BCUT2D eigenvalue weighted by molar-refractivity contribution is 7.09. The minimum Gasteiger partial charge on any atom is -0.320 e. The molecule has 4 heteroatoms. The van der Waals surface area contributed by atoms with E-state index >= 15 is 0 Å². The smallest absolute Gasteiger partial charge is 0.235 e. The maximum atomic E-state index is 10.4. The van der Waals surface area contributed by atoms with E-state index in [1.165, 1.54) is 23.4 Å². The first-order chi connectivity index (χ1) is 6.72. The van der Waals surface area contributed by atoms with Crippen LogP contribution < -0.4 is 4.80 Å². The van der Waals surface area contributed by atoms with Gasteiger partial charge in [0.05, 0.1) is 0 Å². The summed E-state index contributed by atoms with van der Waals surface area (Å²) in [6, 6.07) is 0. The first-order valence-corrected chi connectivity index (χ1v) is 5.68. The Hall–Kier alpha value is -0.900. The van der Waals surface area contributed by atoms with Crippen molar-refractivity contribution in [1.29, 1.82) is 0 Å².